The number of fused-ring (bicyclic) bond motifs is 18. The van der Waals surface area contributed by atoms with Crippen molar-refractivity contribution in [3.8, 4) is 45.3 Å². The summed E-state index contributed by atoms with van der Waals surface area (Å²) in [5.74, 6) is -1.87. The second-order valence-corrected chi connectivity index (χ2v) is 25.0. The zero-order chi connectivity index (χ0) is 63.8. The van der Waals surface area contributed by atoms with Crippen molar-refractivity contribution in [2.75, 3.05) is 0 Å². The smallest absolute Gasteiger partial charge is 0.309 e. The van der Waals surface area contributed by atoms with Crippen LogP contribution in [0.25, 0.3) is 176 Å². The van der Waals surface area contributed by atoms with Gasteiger partial charge in [-0.15, -0.1) is 0 Å². The van der Waals surface area contributed by atoms with Gasteiger partial charge in [-0.05, 0) is 121 Å². The van der Waals surface area contributed by atoms with E-state index in [-0.39, 0.29) is 22.5 Å². The number of halogens is 5. The molecule has 0 aliphatic carbocycles. The van der Waals surface area contributed by atoms with Crippen LogP contribution in [-0.4, -0.2) is 27.4 Å². The molecule has 0 unspecified atom stereocenters. The monoisotopic (exact) mass is 1250 g/mol. The zero-order valence-corrected chi connectivity index (χ0v) is 50.9. The second kappa shape index (κ2) is 20.0. The van der Waals surface area contributed by atoms with Gasteiger partial charge in [0, 0.05) is 99.0 Å². The molecule has 0 bridgehead atoms. The number of hydrogen-bond acceptors (Lipinski definition) is 0. The molecule has 96 heavy (non-hydrogen) atoms. The van der Waals surface area contributed by atoms with Crippen molar-refractivity contribution in [1.82, 2.24) is 27.4 Å². The normalized spacial score (nSPS) is 12.4. The second-order valence-electron chi connectivity index (χ2n) is 25.0. The highest BCUT2D eigenvalue weighted by molar-refractivity contribution is 6.17. The quantitative estimate of drug-likeness (QED) is 0.142. The van der Waals surface area contributed by atoms with E-state index in [4.69, 9.17) is 0 Å². The summed E-state index contributed by atoms with van der Waals surface area (Å²) in [5, 5.41) is 11.0. The zero-order valence-electron chi connectivity index (χ0n) is 50.9. The largest absolute Gasteiger partial charge is 0.420 e. The Kier molecular flexibility index (Phi) is 11.3. The minimum absolute atomic E-state index is 0.0366. The summed E-state index contributed by atoms with van der Waals surface area (Å²) in [4.78, 5) is 0. The van der Waals surface area contributed by atoms with Crippen molar-refractivity contribution >= 4 is 131 Å². The van der Waals surface area contributed by atoms with E-state index in [0.717, 1.165) is 128 Å². The number of aromatic nitrogens is 6. The van der Waals surface area contributed by atoms with Gasteiger partial charge in [0.1, 0.15) is 17.2 Å². The Hall–Kier alpha value is -12.5. The van der Waals surface area contributed by atoms with Crippen LogP contribution < -0.4 is 0 Å². The van der Waals surface area contributed by atoms with Crippen LogP contribution >= 0.6 is 0 Å². The van der Waals surface area contributed by atoms with Gasteiger partial charge < -0.3 is 27.4 Å². The maximum absolute atomic E-state index is 18.4. The van der Waals surface area contributed by atoms with Crippen LogP contribution in [0.3, 0.4) is 0 Å². The lowest BCUT2D eigenvalue weighted by atomic mass is 9.96. The fourth-order valence-corrected chi connectivity index (χ4v) is 16.1. The molecular formula is C85H49F5N6. The van der Waals surface area contributed by atoms with Crippen molar-refractivity contribution in [2.45, 2.75) is 6.18 Å². The molecule has 20 rings (SSSR count). The third-order valence-electron chi connectivity index (χ3n) is 19.9. The highest BCUT2D eigenvalue weighted by Crippen LogP contribution is 2.50. The minimum atomic E-state index is -5.16. The molecule has 6 aromatic heterocycles. The number of para-hydroxylation sites is 8. The van der Waals surface area contributed by atoms with Crippen molar-refractivity contribution in [1.29, 1.82) is 0 Å². The third-order valence-corrected chi connectivity index (χ3v) is 19.9. The molecule has 0 spiro atoms. The first-order valence-corrected chi connectivity index (χ1v) is 31.9. The van der Waals surface area contributed by atoms with Crippen molar-refractivity contribution < 1.29 is 22.0 Å². The Morgan fingerprint density at radius 3 is 0.740 bits per heavy atom. The number of nitrogens with zero attached hydrogens (tertiary/aromatic N) is 6. The lowest BCUT2D eigenvalue weighted by molar-refractivity contribution is -0.137. The fraction of sp³-hybridized carbons (Fsp3) is 0.0118. The van der Waals surface area contributed by atoms with Gasteiger partial charge in [-0.3, -0.25) is 0 Å². The van der Waals surface area contributed by atoms with E-state index in [1.807, 2.05) is 170 Å². The van der Waals surface area contributed by atoms with E-state index in [0.29, 0.717) is 44.2 Å². The molecular weight excluding hydrogens is 1200 g/mol. The summed E-state index contributed by atoms with van der Waals surface area (Å²) in [6.07, 6.45) is -5.16. The average molecular weight is 1250 g/mol. The van der Waals surface area contributed by atoms with Gasteiger partial charge in [0.15, 0.2) is 0 Å². The average Bonchev–Trinajstić information content (AvgIpc) is 1.51. The Balaban J connectivity index is 0.960. The maximum Gasteiger partial charge on any atom is 0.420 e. The lowest BCUT2D eigenvalue weighted by Crippen LogP contribution is -2.17. The van der Waals surface area contributed by atoms with Crippen LogP contribution in [0.2, 0.25) is 0 Å². The number of benzene rings is 14. The summed E-state index contributed by atoms with van der Waals surface area (Å²) in [6, 6.07) is 95.4. The highest BCUT2D eigenvalue weighted by atomic mass is 19.4. The molecule has 0 aliphatic heterocycles. The van der Waals surface area contributed by atoms with Crippen LogP contribution in [0, 0.1) is 11.6 Å². The molecule has 0 atom stereocenters. The summed E-state index contributed by atoms with van der Waals surface area (Å²) >= 11 is 0. The predicted molar refractivity (Wildman–Crippen MR) is 383 cm³/mol. The van der Waals surface area contributed by atoms with E-state index < -0.39 is 23.4 Å². The van der Waals surface area contributed by atoms with E-state index >= 15 is 22.0 Å². The summed E-state index contributed by atoms with van der Waals surface area (Å²) in [7, 11) is 0. The standard InChI is InChI=1S/C85H49F5N6/c86-51-43-50(44-52(87)45-51)57-41-42-78(95-79-46-53(91-70-25-9-1-17-58(70)59-18-2-10-26-71(59)91)33-37-66(79)67-38-34-54(47-80(67)95)92-72-27-11-3-19-60(72)61-20-4-12-28-73(61)92)83(85(88,89)90)84(57)96-81-48-55(93-74-29-13-5-21-62(74)63-22-6-14-30-75(63)93)35-39-68(81)69-40-36-56(49-82(69)96)94-76-31-15-7-23-64(76)65-24-8-16-32-77(65)94/h1-49H. The van der Waals surface area contributed by atoms with E-state index in [1.165, 1.54) is 6.07 Å². The molecule has 20 aromatic rings. The van der Waals surface area contributed by atoms with Crippen molar-refractivity contribution in [2.24, 2.45) is 0 Å². The minimum Gasteiger partial charge on any atom is -0.309 e. The van der Waals surface area contributed by atoms with Crippen LogP contribution in [0.4, 0.5) is 22.0 Å². The third kappa shape index (κ3) is 7.67. The molecule has 6 heterocycles. The molecule has 454 valence electrons. The van der Waals surface area contributed by atoms with E-state index in [2.05, 4.69) is 115 Å². The highest BCUT2D eigenvalue weighted by Gasteiger charge is 2.41. The van der Waals surface area contributed by atoms with Gasteiger partial charge in [-0.2, -0.15) is 13.2 Å². The van der Waals surface area contributed by atoms with Crippen LogP contribution in [0.15, 0.2) is 297 Å². The van der Waals surface area contributed by atoms with Crippen LogP contribution in [0.1, 0.15) is 5.56 Å². The Morgan fingerprint density at radius 2 is 0.469 bits per heavy atom. The fourth-order valence-electron chi connectivity index (χ4n) is 16.1. The Labute approximate surface area is 543 Å². The topological polar surface area (TPSA) is 29.6 Å². The molecule has 0 fully saturated rings. The number of alkyl halides is 3. The molecule has 0 N–H and O–H groups in total. The Bertz CT molecular complexity index is 6170. The first-order valence-electron chi connectivity index (χ1n) is 31.9. The predicted octanol–water partition coefficient (Wildman–Crippen LogP) is 23.2. The summed E-state index contributed by atoms with van der Waals surface area (Å²) < 4.78 is 99.7. The van der Waals surface area contributed by atoms with E-state index in [1.54, 1.807) is 15.2 Å². The molecule has 0 radical (unpaired) electrons. The lowest BCUT2D eigenvalue weighted by Gasteiger charge is -2.25. The van der Waals surface area contributed by atoms with Crippen molar-refractivity contribution in [3.63, 3.8) is 0 Å². The van der Waals surface area contributed by atoms with Crippen LogP contribution in [-0.2, 0) is 6.18 Å². The molecule has 6 nitrogen and oxygen atoms in total. The SMILES string of the molecule is Fc1cc(F)cc(-c2ccc(-n3c4cc(-n5c6ccccc6c6ccccc65)ccc4c4ccc(-n5c6ccccc6c6ccccc65)cc43)c(C(F)(F)F)c2-n2c3cc(-n4c5ccccc5c5ccccc54)ccc3c3ccc(-n4c5ccccc5c5ccccc54)cc32)c1. The summed E-state index contributed by atoms with van der Waals surface area (Å²) in [5.41, 5.74) is 10.5. The van der Waals surface area contributed by atoms with Gasteiger partial charge in [0.2, 0.25) is 0 Å². The molecule has 0 amide bonds. The van der Waals surface area contributed by atoms with E-state index in [9.17, 15) is 0 Å². The van der Waals surface area contributed by atoms with Gasteiger partial charge in [0.05, 0.1) is 77.6 Å². The molecule has 0 aliphatic rings. The van der Waals surface area contributed by atoms with Crippen molar-refractivity contribution in [3.05, 3.63) is 314 Å². The van der Waals surface area contributed by atoms with Crippen LogP contribution in [0.5, 0.6) is 0 Å². The van der Waals surface area contributed by atoms with Gasteiger partial charge >= 0.3 is 6.18 Å². The summed E-state index contributed by atoms with van der Waals surface area (Å²) in [6.45, 7) is 0. The first-order chi connectivity index (χ1) is 47.1. The number of hydrogen-bond donors (Lipinski definition) is 0. The maximum atomic E-state index is 18.4. The molecule has 0 saturated heterocycles. The number of rotatable bonds is 7. The Morgan fingerprint density at radius 1 is 0.219 bits per heavy atom. The van der Waals surface area contributed by atoms with Gasteiger partial charge in [-0.1, -0.05) is 176 Å². The van der Waals surface area contributed by atoms with Gasteiger partial charge in [-0.25, -0.2) is 8.78 Å². The molecule has 11 heteroatoms. The van der Waals surface area contributed by atoms with Gasteiger partial charge in [0.25, 0.3) is 0 Å². The molecule has 14 aromatic carbocycles. The molecule has 0 saturated carbocycles. The first kappa shape index (κ1) is 54.1.